The smallest absolute Gasteiger partial charge is 0.303 e. The van der Waals surface area contributed by atoms with E-state index < -0.39 is 12.1 Å². The first-order chi connectivity index (χ1) is 17.5. The molecule has 0 radical (unpaired) electrons. The van der Waals surface area contributed by atoms with Gasteiger partial charge in [-0.2, -0.15) is 0 Å². The number of aromatic nitrogens is 2. The predicted octanol–water partition coefficient (Wildman–Crippen LogP) is 6.02. The van der Waals surface area contributed by atoms with Gasteiger partial charge in [-0.25, -0.2) is 4.39 Å². The zero-order valence-corrected chi connectivity index (χ0v) is 21.5. The van der Waals surface area contributed by atoms with E-state index in [1.54, 1.807) is 31.8 Å². The molecule has 6 nitrogen and oxygen atoms in total. The number of pyridine rings is 2. The van der Waals surface area contributed by atoms with Crippen LogP contribution >= 0.6 is 11.8 Å². The van der Waals surface area contributed by atoms with Crippen LogP contribution in [0.5, 0.6) is 5.75 Å². The van der Waals surface area contributed by atoms with Crippen molar-refractivity contribution in [3.8, 4) is 5.75 Å². The molecular weight excluding hydrogens is 477 g/mol. The highest BCUT2D eigenvalue weighted by atomic mass is 32.2. The Bertz CT molecular complexity index is 1130. The molecule has 0 bridgehead atoms. The van der Waals surface area contributed by atoms with Crippen molar-refractivity contribution in [2.45, 2.75) is 43.2 Å². The number of hydrogen-bond acceptors (Lipinski definition) is 6. The maximum Gasteiger partial charge on any atom is 0.303 e. The number of nitrogens with zero attached hydrogens (tertiary/aromatic N) is 3. The lowest BCUT2D eigenvalue weighted by atomic mass is 9.79. The van der Waals surface area contributed by atoms with Crippen LogP contribution in [-0.2, 0) is 4.79 Å². The van der Waals surface area contributed by atoms with Gasteiger partial charge in [0, 0.05) is 41.8 Å². The number of rotatable bonds is 12. The summed E-state index contributed by atoms with van der Waals surface area (Å²) < 4.78 is 20.8. The van der Waals surface area contributed by atoms with E-state index in [-0.39, 0.29) is 18.3 Å². The number of hydrogen-bond donors (Lipinski definition) is 1. The molecule has 1 aromatic carbocycles. The van der Waals surface area contributed by atoms with Gasteiger partial charge in [0.15, 0.2) is 0 Å². The van der Waals surface area contributed by atoms with Crippen LogP contribution in [0.2, 0.25) is 0 Å². The first-order valence-electron chi connectivity index (χ1n) is 12.6. The highest BCUT2D eigenvalue weighted by Gasteiger charge is 2.31. The number of piperidine rings is 1. The summed E-state index contributed by atoms with van der Waals surface area (Å²) in [5.74, 6) is 1.18. The lowest BCUT2D eigenvalue weighted by Crippen LogP contribution is -2.42. The second-order valence-electron chi connectivity index (χ2n) is 9.42. The predicted molar refractivity (Wildman–Crippen MR) is 141 cm³/mol. The third-order valence-electron chi connectivity index (χ3n) is 7.06. The van der Waals surface area contributed by atoms with Crippen LogP contribution in [0.15, 0.2) is 59.9 Å². The molecule has 1 aliphatic rings. The quantitative estimate of drug-likeness (QED) is 0.235. The van der Waals surface area contributed by atoms with Gasteiger partial charge in [0.1, 0.15) is 11.9 Å². The highest BCUT2D eigenvalue weighted by molar-refractivity contribution is 7.99. The third-order valence-corrected chi connectivity index (χ3v) is 8.16. The SMILES string of the molecule is COc1ccc2nccc([C@@H](F)CC[C@@H]3CCN(CCCSc4ccncc4)C[C@@H]3CC(=O)O)c2c1. The summed E-state index contributed by atoms with van der Waals surface area (Å²) in [5.41, 5.74) is 1.37. The number of halogens is 1. The average molecular weight is 512 g/mol. The monoisotopic (exact) mass is 511 g/mol. The standard InChI is InChI=1S/C28H34FN3O3S/c1-35-22-4-6-27-25(18-22)24(9-13-31-27)26(29)5-3-20-10-15-32(19-21(20)17-28(33)34)14-2-16-36-23-7-11-30-12-8-23/h4,6-9,11-13,18,20-21,26H,2-3,5,10,14-17,19H2,1H3,(H,33,34)/t20-,21+,26+/m1/s1. The number of aliphatic carboxylic acids is 1. The zero-order valence-electron chi connectivity index (χ0n) is 20.7. The highest BCUT2D eigenvalue weighted by Crippen LogP contribution is 2.36. The number of benzene rings is 1. The van der Waals surface area contributed by atoms with Crippen LogP contribution < -0.4 is 4.74 Å². The van der Waals surface area contributed by atoms with Crippen molar-refractivity contribution in [2.24, 2.45) is 11.8 Å². The van der Waals surface area contributed by atoms with Gasteiger partial charge < -0.3 is 14.7 Å². The van der Waals surface area contributed by atoms with Crippen molar-refractivity contribution in [3.05, 3.63) is 60.6 Å². The van der Waals surface area contributed by atoms with E-state index in [2.05, 4.69) is 14.9 Å². The van der Waals surface area contributed by atoms with Gasteiger partial charge in [-0.3, -0.25) is 14.8 Å². The molecule has 3 atom stereocenters. The summed E-state index contributed by atoms with van der Waals surface area (Å²) in [5, 5.41) is 10.3. The molecule has 1 aliphatic heterocycles. The number of carboxylic acids is 1. The minimum Gasteiger partial charge on any atom is -0.497 e. The van der Waals surface area contributed by atoms with Crippen LogP contribution in [0.3, 0.4) is 0 Å². The van der Waals surface area contributed by atoms with E-state index in [0.29, 0.717) is 24.2 Å². The van der Waals surface area contributed by atoms with E-state index in [0.717, 1.165) is 49.1 Å². The minimum atomic E-state index is -1.13. The number of alkyl halides is 1. The van der Waals surface area contributed by atoms with E-state index >= 15 is 4.39 Å². The summed E-state index contributed by atoms with van der Waals surface area (Å²) >= 11 is 1.82. The Morgan fingerprint density at radius 2 is 2.06 bits per heavy atom. The van der Waals surface area contributed by atoms with Crippen LogP contribution in [0.4, 0.5) is 4.39 Å². The van der Waals surface area contributed by atoms with Gasteiger partial charge in [0.2, 0.25) is 0 Å². The third kappa shape index (κ3) is 7.17. The molecule has 0 amide bonds. The molecule has 4 rings (SSSR count). The largest absolute Gasteiger partial charge is 0.497 e. The molecule has 8 heteroatoms. The van der Waals surface area contributed by atoms with E-state index in [1.165, 1.54) is 4.90 Å². The number of methoxy groups -OCH3 is 1. The van der Waals surface area contributed by atoms with E-state index in [4.69, 9.17) is 4.74 Å². The average Bonchev–Trinajstić information content (AvgIpc) is 2.90. The fourth-order valence-corrected chi connectivity index (χ4v) is 5.99. The molecule has 192 valence electrons. The van der Waals surface area contributed by atoms with E-state index in [9.17, 15) is 9.90 Å². The second kappa shape index (κ2) is 13.0. The van der Waals surface area contributed by atoms with Crippen molar-refractivity contribution >= 4 is 28.6 Å². The summed E-state index contributed by atoms with van der Waals surface area (Å²) in [4.78, 5) is 23.6. The van der Waals surface area contributed by atoms with Gasteiger partial charge in [-0.15, -0.1) is 11.8 Å². The van der Waals surface area contributed by atoms with Crippen LogP contribution in [0.1, 0.15) is 43.8 Å². The molecular formula is C28H34FN3O3S. The van der Waals surface area contributed by atoms with Crippen molar-refractivity contribution in [3.63, 3.8) is 0 Å². The van der Waals surface area contributed by atoms with Crippen molar-refractivity contribution in [1.82, 2.24) is 14.9 Å². The number of carbonyl (C=O) groups is 1. The number of thioether (sulfide) groups is 1. The lowest BCUT2D eigenvalue weighted by molar-refractivity contribution is -0.139. The fraction of sp³-hybridized carbons (Fsp3) is 0.464. The normalized spacial score (nSPS) is 19.3. The molecule has 3 aromatic rings. The van der Waals surface area contributed by atoms with Gasteiger partial charge in [0.25, 0.3) is 0 Å². The Morgan fingerprint density at radius 1 is 1.22 bits per heavy atom. The number of ether oxygens (including phenoxy) is 1. The Kier molecular flexibility index (Phi) is 9.53. The molecule has 0 saturated carbocycles. The maximum absolute atomic E-state index is 15.5. The molecule has 36 heavy (non-hydrogen) atoms. The molecule has 1 saturated heterocycles. The summed E-state index contributed by atoms with van der Waals surface area (Å²) in [6.07, 6.45) is 7.28. The molecule has 0 spiro atoms. The molecule has 3 heterocycles. The molecule has 0 aliphatic carbocycles. The molecule has 2 aromatic heterocycles. The number of carboxylic acid groups (broad SMARTS) is 1. The Hall–Kier alpha value is -2.71. The summed E-state index contributed by atoms with van der Waals surface area (Å²) in [7, 11) is 1.60. The maximum atomic E-state index is 15.5. The summed E-state index contributed by atoms with van der Waals surface area (Å²) in [6, 6.07) is 11.3. The van der Waals surface area contributed by atoms with Crippen LogP contribution in [0.25, 0.3) is 10.9 Å². The first-order valence-corrected chi connectivity index (χ1v) is 13.6. The second-order valence-corrected chi connectivity index (χ2v) is 10.6. The molecule has 0 unspecified atom stereocenters. The van der Waals surface area contributed by atoms with Crippen molar-refractivity contribution in [2.75, 3.05) is 32.5 Å². The Balaban J connectivity index is 1.31. The Labute approximate surface area is 216 Å². The van der Waals surface area contributed by atoms with Gasteiger partial charge >= 0.3 is 5.97 Å². The summed E-state index contributed by atoms with van der Waals surface area (Å²) in [6.45, 7) is 2.66. The van der Waals surface area contributed by atoms with Gasteiger partial charge in [-0.1, -0.05) is 0 Å². The van der Waals surface area contributed by atoms with E-state index in [1.807, 2.05) is 42.1 Å². The number of fused-ring (bicyclic) bond motifs is 1. The Morgan fingerprint density at radius 3 is 2.83 bits per heavy atom. The van der Waals surface area contributed by atoms with Gasteiger partial charge in [0.05, 0.1) is 12.6 Å². The van der Waals surface area contributed by atoms with Crippen molar-refractivity contribution in [1.29, 1.82) is 0 Å². The minimum absolute atomic E-state index is 0.0468. The van der Waals surface area contributed by atoms with Crippen LogP contribution in [-0.4, -0.2) is 58.4 Å². The number of likely N-dealkylation sites (tertiary alicyclic amines) is 1. The molecule has 1 N–H and O–H groups in total. The zero-order chi connectivity index (χ0) is 25.3. The molecule has 1 fully saturated rings. The topological polar surface area (TPSA) is 75.5 Å². The van der Waals surface area contributed by atoms with Crippen LogP contribution in [0, 0.1) is 11.8 Å². The van der Waals surface area contributed by atoms with Gasteiger partial charge in [-0.05, 0) is 98.3 Å². The fourth-order valence-electron chi connectivity index (χ4n) is 5.17. The lowest BCUT2D eigenvalue weighted by Gasteiger charge is -2.38. The first kappa shape index (κ1) is 26.4. The van der Waals surface area contributed by atoms with Crippen molar-refractivity contribution < 1.29 is 19.0 Å².